The van der Waals surface area contributed by atoms with Gasteiger partial charge in [0.2, 0.25) is 0 Å². The maximum atomic E-state index is 14.8. The average Bonchev–Trinajstić information content (AvgIpc) is 1.43. The van der Waals surface area contributed by atoms with Crippen molar-refractivity contribution >= 4 is 48.2 Å². The Morgan fingerprint density at radius 3 is 1.21 bits per heavy atom. The summed E-state index contributed by atoms with van der Waals surface area (Å²) in [6.07, 6.45) is 26.5. The first-order chi connectivity index (χ1) is 44.3. The van der Waals surface area contributed by atoms with E-state index in [2.05, 4.69) is 39.8 Å². The van der Waals surface area contributed by atoms with Crippen LogP contribution in [0.5, 0.6) is 34.5 Å². The lowest BCUT2D eigenvalue weighted by atomic mass is 9.51. The average molecular weight is 1290 g/mol. The van der Waals surface area contributed by atoms with Crippen LogP contribution in [-0.2, 0) is 51.0 Å². The number of fused-ring (bicyclic) bond motifs is 4. The summed E-state index contributed by atoms with van der Waals surface area (Å²) in [5.41, 5.74) is -2.33. The number of ether oxygens (including phenoxy) is 8. The first-order valence-corrected chi connectivity index (χ1v) is 32.6. The summed E-state index contributed by atoms with van der Waals surface area (Å²) < 4.78 is 51.1. The molecular weight excluding hydrogens is 1200 g/mol. The van der Waals surface area contributed by atoms with Gasteiger partial charge in [0.1, 0.15) is 81.6 Å². The van der Waals surface area contributed by atoms with Crippen molar-refractivity contribution in [3.63, 3.8) is 0 Å². The van der Waals surface area contributed by atoms with Crippen LogP contribution in [-0.4, -0.2) is 115 Å². The van der Waals surface area contributed by atoms with Gasteiger partial charge in [0.05, 0.1) is 22.3 Å². The van der Waals surface area contributed by atoms with Crippen molar-refractivity contribution in [1.82, 2.24) is 0 Å². The van der Waals surface area contributed by atoms with Crippen LogP contribution in [0.3, 0.4) is 0 Å². The topological polar surface area (TPSA) is 257 Å². The molecule has 2 spiro atoms. The largest absolute Gasteiger partial charge is 0.506 e. The first-order valence-electron chi connectivity index (χ1n) is 32.6. The van der Waals surface area contributed by atoms with Gasteiger partial charge in [-0.15, -0.1) is 0 Å². The highest BCUT2D eigenvalue weighted by Gasteiger charge is 2.83. The molecule has 10 atom stereocenters. The molecule has 8 bridgehead atoms. The Bertz CT molecular complexity index is 3680. The van der Waals surface area contributed by atoms with Crippen molar-refractivity contribution in [2.45, 2.75) is 206 Å². The molecule has 14 rings (SSSR count). The zero-order valence-corrected chi connectivity index (χ0v) is 56.4. The molecule has 18 heteroatoms. The van der Waals surface area contributed by atoms with Crippen molar-refractivity contribution in [3.8, 4) is 34.5 Å². The Morgan fingerprint density at radius 1 is 0.521 bits per heavy atom. The van der Waals surface area contributed by atoms with Crippen LogP contribution in [0.15, 0.2) is 106 Å². The molecule has 6 aliphatic heterocycles. The highest BCUT2D eigenvalue weighted by molar-refractivity contribution is 6.20. The predicted molar refractivity (Wildman–Crippen MR) is 350 cm³/mol. The van der Waals surface area contributed by atoms with Crippen LogP contribution in [0.4, 0.5) is 0 Å². The van der Waals surface area contributed by atoms with E-state index in [1.54, 1.807) is 12.2 Å². The van der Waals surface area contributed by atoms with Gasteiger partial charge in [-0.05, 0) is 185 Å². The van der Waals surface area contributed by atoms with Gasteiger partial charge in [0.15, 0.2) is 45.5 Å². The molecule has 12 aliphatic rings. The Morgan fingerprint density at radius 2 is 0.883 bits per heavy atom. The highest BCUT2D eigenvalue weighted by atomic mass is 16.6. The second-order valence-corrected chi connectivity index (χ2v) is 29.2. The Labute approximate surface area is 549 Å². The second-order valence-electron chi connectivity index (χ2n) is 29.2. The number of phenols is 2. The molecule has 2 saturated heterocycles. The number of benzene rings is 2. The van der Waals surface area contributed by atoms with Crippen LogP contribution >= 0.6 is 0 Å². The van der Waals surface area contributed by atoms with Crippen LogP contribution in [0.2, 0.25) is 0 Å². The standard InChI is InChI=1S/2C38H44O9/c2*1-21(2)9-8-14-36(7)15-13-25-30(41)29-31(42)27-17-23-18-28-35(5,6)47-37(34(23)43,16-12-24(19-39)44-20-40)38(27,28)46-33(29)26(32(25)45-36)11-10-22(3)4/h2*9-10,12-13,15,17,20,23,28,39,41H,8,11,14,16,18-19H2,1-7H3/b2*24-12-/t23?,28?,36-,37+,38+;23?,28?,36-,37-,38-/m01/s1. The van der Waals surface area contributed by atoms with E-state index in [9.17, 15) is 49.2 Å². The molecule has 2 aromatic rings. The number of phenolic OH excluding ortho intramolecular Hbond substituents is 2. The number of hydrogen-bond donors (Lipinski definition) is 4. The monoisotopic (exact) mass is 1290 g/mol. The van der Waals surface area contributed by atoms with Gasteiger partial charge in [0, 0.05) is 58.8 Å². The van der Waals surface area contributed by atoms with Crippen molar-refractivity contribution in [2.24, 2.45) is 23.7 Å². The number of aliphatic hydroxyl groups is 2. The zero-order valence-electron chi connectivity index (χ0n) is 56.4. The normalized spacial score (nSPS) is 30.7. The molecule has 500 valence electrons. The number of aromatic hydroxyl groups is 2. The van der Waals surface area contributed by atoms with E-state index < -0.39 is 93.3 Å². The summed E-state index contributed by atoms with van der Waals surface area (Å²) in [5.74, 6) is -2.63. The molecule has 0 amide bonds. The lowest BCUT2D eigenvalue weighted by molar-refractivity contribution is -0.172. The molecule has 0 aromatic heterocycles. The van der Waals surface area contributed by atoms with Gasteiger partial charge in [-0.3, -0.25) is 28.8 Å². The zero-order chi connectivity index (χ0) is 68.2. The van der Waals surface area contributed by atoms with Gasteiger partial charge in [0.25, 0.3) is 12.9 Å². The number of rotatable bonds is 20. The van der Waals surface area contributed by atoms with E-state index in [4.69, 9.17) is 37.9 Å². The summed E-state index contributed by atoms with van der Waals surface area (Å²) in [6, 6.07) is 0. The van der Waals surface area contributed by atoms with Crippen LogP contribution in [0.25, 0.3) is 12.2 Å². The minimum Gasteiger partial charge on any atom is -0.506 e. The molecule has 4 N–H and O–H groups in total. The number of carbonyl (C=O) groups is 6. The summed E-state index contributed by atoms with van der Waals surface area (Å²) in [6.45, 7) is 27.0. The van der Waals surface area contributed by atoms with E-state index in [1.165, 1.54) is 23.3 Å². The molecule has 6 aliphatic carbocycles. The van der Waals surface area contributed by atoms with E-state index in [0.717, 1.165) is 24.0 Å². The van der Waals surface area contributed by atoms with Gasteiger partial charge < -0.3 is 58.3 Å². The fourth-order valence-corrected chi connectivity index (χ4v) is 16.5. The van der Waals surface area contributed by atoms with Crippen molar-refractivity contribution in [3.05, 3.63) is 139 Å². The maximum absolute atomic E-state index is 14.8. The molecule has 94 heavy (non-hydrogen) atoms. The SMILES string of the molecule is CC(C)=CCC[C@@]1(C)C=Cc2c(O)c3c(c(CC=C(C)C)c2O1)O[C@]12C(=CC4CC1C(C)(C)O[C@]2(C/C=C(/CO)OC=O)C4=O)C3=O.CC(C)=CCC[C@]1(C)C=Cc2c(O)c3c(c(CC=C(C)C)c2O1)O[C@]12C(=CC4CC1C(C)(C)O[C@]2(C/C=C(/CO)OC=O)C4=O)C3=O. The summed E-state index contributed by atoms with van der Waals surface area (Å²) in [5, 5.41) is 43.3. The van der Waals surface area contributed by atoms with Crippen molar-refractivity contribution in [1.29, 1.82) is 0 Å². The van der Waals surface area contributed by atoms with Crippen molar-refractivity contribution < 1.29 is 87.1 Å². The molecule has 6 heterocycles. The molecular formula is C76H88O18. The van der Waals surface area contributed by atoms with Crippen LogP contribution < -0.4 is 18.9 Å². The molecule has 2 aromatic carbocycles. The fourth-order valence-electron chi connectivity index (χ4n) is 16.5. The number of Topliss-reactive ketones (excluding diaryl/α,β-unsaturated/α-hetero) is 4. The van der Waals surface area contributed by atoms with E-state index in [-0.39, 0.29) is 94.1 Å². The lowest BCUT2D eigenvalue weighted by Crippen LogP contribution is -2.72. The fraction of sp³-hybridized carbons (Fsp3) is 0.500. The minimum atomic E-state index is -1.66. The van der Waals surface area contributed by atoms with E-state index >= 15 is 0 Å². The third kappa shape index (κ3) is 10.4. The quantitative estimate of drug-likeness (QED) is 0.0546. The molecule has 2 saturated carbocycles. The Hall–Kier alpha value is -7.90. The maximum Gasteiger partial charge on any atom is 0.298 e. The summed E-state index contributed by atoms with van der Waals surface area (Å²) >= 11 is 0. The minimum absolute atomic E-state index is 0.0403. The van der Waals surface area contributed by atoms with Gasteiger partial charge in [-0.25, -0.2) is 0 Å². The molecule has 4 unspecified atom stereocenters. The number of allylic oxidation sites excluding steroid dienone is 10. The molecule has 4 fully saturated rings. The number of aliphatic hydroxyl groups excluding tert-OH is 2. The highest BCUT2D eigenvalue weighted by Crippen LogP contribution is 2.71. The number of carbonyl (C=O) groups excluding carboxylic acids is 6. The number of ketones is 4. The smallest absolute Gasteiger partial charge is 0.298 e. The Balaban J connectivity index is 0.000000192. The molecule has 0 radical (unpaired) electrons. The Kier molecular flexibility index (Phi) is 17.3. The lowest BCUT2D eigenvalue weighted by Gasteiger charge is -2.56. The van der Waals surface area contributed by atoms with Gasteiger partial charge >= 0.3 is 0 Å². The molecule has 18 nitrogen and oxygen atoms in total. The third-order valence-corrected chi connectivity index (χ3v) is 20.8. The first kappa shape index (κ1) is 67.5. The van der Waals surface area contributed by atoms with Crippen molar-refractivity contribution in [2.75, 3.05) is 13.2 Å². The van der Waals surface area contributed by atoms with Gasteiger partial charge in [-0.2, -0.15) is 0 Å². The van der Waals surface area contributed by atoms with E-state index in [1.807, 2.05) is 106 Å². The van der Waals surface area contributed by atoms with Gasteiger partial charge in [-0.1, -0.05) is 58.7 Å². The summed E-state index contributed by atoms with van der Waals surface area (Å²) in [7, 11) is 0. The number of hydrogen-bond acceptors (Lipinski definition) is 18. The third-order valence-electron chi connectivity index (χ3n) is 20.8. The summed E-state index contributed by atoms with van der Waals surface area (Å²) in [4.78, 5) is 80.4. The predicted octanol–water partition coefficient (Wildman–Crippen LogP) is 12.5. The van der Waals surface area contributed by atoms with Crippen LogP contribution in [0, 0.1) is 23.7 Å². The van der Waals surface area contributed by atoms with E-state index in [0.29, 0.717) is 72.3 Å². The second kappa shape index (κ2) is 24.1. The van der Waals surface area contributed by atoms with Crippen LogP contribution in [0.1, 0.15) is 191 Å².